The van der Waals surface area contributed by atoms with Crippen LogP contribution in [0.25, 0.3) is 11.4 Å². The molecule has 0 bridgehead atoms. The van der Waals surface area contributed by atoms with Crippen molar-refractivity contribution >= 4 is 11.6 Å². The van der Waals surface area contributed by atoms with Crippen LogP contribution in [0, 0.1) is 0 Å². The Morgan fingerprint density at radius 1 is 1.28 bits per heavy atom. The highest BCUT2D eigenvalue weighted by Gasteiger charge is 2.28. The fraction of sp³-hybridized carbons (Fsp3) is 0.211. The van der Waals surface area contributed by atoms with Gasteiger partial charge in [0.25, 0.3) is 5.91 Å². The highest BCUT2D eigenvalue weighted by Crippen LogP contribution is 2.29. The number of hydrogen-bond donors (Lipinski definition) is 1. The molecular weight excluding hydrogens is 316 g/mol. The van der Waals surface area contributed by atoms with Crippen molar-refractivity contribution in [3.63, 3.8) is 0 Å². The van der Waals surface area contributed by atoms with Gasteiger partial charge in [0.1, 0.15) is 12.1 Å². The molecule has 1 atom stereocenters. The first-order valence-electron chi connectivity index (χ1n) is 8.28. The van der Waals surface area contributed by atoms with E-state index in [0.717, 1.165) is 29.2 Å². The minimum absolute atomic E-state index is 0.148. The Morgan fingerprint density at radius 3 is 3.00 bits per heavy atom. The number of hydrogen-bond acceptors (Lipinski definition) is 4. The van der Waals surface area contributed by atoms with Crippen molar-refractivity contribution in [1.29, 1.82) is 0 Å². The number of fused-ring (bicyclic) bond motifs is 1. The summed E-state index contributed by atoms with van der Waals surface area (Å²) in [4.78, 5) is 12.5. The zero-order valence-electron chi connectivity index (χ0n) is 13.8. The number of nitrogens with one attached hydrogen (secondary N) is 1. The molecule has 1 aromatic heterocycles. The first kappa shape index (κ1) is 15.4. The molecule has 1 aliphatic rings. The van der Waals surface area contributed by atoms with Crippen molar-refractivity contribution in [2.75, 3.05) is 5.32 Å². The molecule has 0 saturated carbocycles. The van der Waals surface area contributed by atoms with Gasteiger partial charge in [0.05, 0.1) is 0 Å². The lowest BCUT2D eigenvalue weighted by atomic mass is 10.1. The summed E-state index contributed by atoms with van der Waals surface area (Å²) in [5.74, 6) is 1.42. The average molecular weight is 334 g/mol. The third-order valence-corrected chi connectivity index (χ3v) is 4.28. The monoisotopic (exact) mass is 334 g/mol. The summed E-state index contributed by atoms with van der Waals surface area (Å²) < 4.78 is 7.70. The SMILES string of the molecule is CCn1cnnc1-c1cccc(NC(=O)C2Cc3ccccc3O2)c1. The summed E-state index contributed by atoms with van der Waals surface area (Å²) in [6, 6.07) is 15.3. The normalized spacial score (nSPS) is 15.5. The summed E-state index contributed by atoms with van der Waals surface area (Å²) >= 11 is 0. The van der Waals surface area contributed by atoms with E-state index in [4.69, 9.17) is 4.74 Å². The van der Waals surface area contributed by atoms with Crippen molar-refractivity contribution in [3.8, 4) is 17.1 Å². The second-order valence-electron chi connectivity index (χ2n) is 5.93. The van der Waals surface area contributed by atoms with Crippen LogP contribution in [0.2, 0.25) is 0 Å². The van der Waals surface area contributed by atoms with Gasteiger partial charge in [0.2, 0.25) is 0 Å². The minimum Gasteiger partial charge on any atom is -0.480 e. The van der Waals surface area contributed by atoms with Crippen molar-refractivity contribution < 1.29 is 9.53 Å². The molecule has 1 N–H and O–H groups in total. The minimum atomic E-state index is -0.500. The molecule has 6 heteroatoms. The molecule has 1 amide bonds. The van der Waals surface area contributed by atoms with Gasteiger partial charge in [0, 0.05) is 24.2 Å². The molecule has 0 spiro atoms. The molecule has 0 fully saturated rings. The van der Waals surface area contributed by atoms with Crippen LogP contribution >= 0.6 is 0 Å². The van der Waals surface area contributed by atoms with Crippen LogP contribution in [0.5, 0.6) is 5.75 Å². The van der Waals surface area contributed by atoms with Gasteiger partial charge in [0.15, 0.2) is 11.9 Å². The van der Waals surface area contributed by atoms with E-state index in [1.807, 2.05) is 60.0 Å². The van der Waals surface area contributed by atoms with Crippen LogP contribution < -0.4 is 10.1 Å². The Kier molecular flexibility index (Phi) is 3.93. The van der Waals surface area contributed by atoms with E-state index in [1.54, 1.807) is 6.33 Å². The number of ether oxygens (including phenoxy) is 1. The second kappa shape index (κ2) is 6.39. The Bertz CT molecular complexity index is 894. The molecule has 25 heavy (non-hydrogen) atoms. The summed E-state index contributed by atoms with van der Waals surface area (Å²) in [5, 5.41) is 11.0. The molecule has 126 valence electrons. The fourth-order valence-corrected chi connectivity index (χ4v) is 3.00. The molecule has 2 aromatic carbocycles. The van der Waals surface area contributed by atoms with Gasteiger partial charge < -0.3 is 14.6 Å². The predicted molar refractivity (Wildman–Crippen MR) is 94.3 cm³/mol. The van der Waals surface area contributed by atoms with Gasteiger partial charge in [-0.1, -0.05) is 30.3 Å². The Hall–Kier alpha value is -3.15. The number of carbonyl (C=O) groups excluding carboxylic acids is 1. The molecule has 4 rings (SSSR count). The largest absolute Gasteiger partial charge is 0.480 e. The van der Waals surface area contributed by atoms with E-state index in [-0.39, 0.29) is 5.91 Å². The first-order chi connectivity index (χ1) is 12.2. The molecule has 0 saturated heterocycles. The Balaban J connectivity index is 1.50. The molecule has 3 aromatic rings. The summed E-state index contributed by atoms with van der Waals surface area (Å²) in [5.41, 5.74) is 2.69. The van der Waals surface area contributed by atoms with Crippen molar-refractivity contribution in [3.05, 3.63) is 60.4 Å². The summed E-state index contributed by atoms with van der Waals surface area (Å²) in [6.45, 7) is 2.82. The number of aryl methyl sites for hydroxylation is 1. The highest BCUT2D eigenvalue weighted by atomic mass is 16.5. The zero-order valence-corrected chi connectivity index (χ0v) is 13.8. The number of rotatable bonds is 4. The van der Waals surface area contributed by atoms with E-state index in [9.17, 15) is 4.79 Å². The molecule has 1 unspecified atom stereocenters. The summed E-state index contributed by atoms with van der Waals surface area (Å²) in [7, 11) is 0. The quantitative estimate of drug-likeness (QED) is 0.796. The van der Waals surface area contributed by atoms with Crippen LogP contribution in [0.1, 0.15) is 12.5 Å². The molecular formula is C19H18N4O2. The van der Waals surface area contributed by atoms with E-state index in [2.05, 4.69) is 15.5 Å². The number of carbonyl (C=O) groups is 1. The van der Waals surface area contributed by atoms with Crippen molar-refractivity contribution in [2.45, 2.75) is 26.0 Å². The van der Waals surface area contributed by atoms with Crippen molar-refractivity contribution in [1.82, 2.24) is 14.8 Å². The van der Waals surface area contributed by atoms with Crippen LogP contribution in [0.3, 0.4) is 0 Å². The number of nitrogens with zero attached hydrogens (tertiary/aromatic N) is 3. The van der Waals surface area contributed by atoms with Gasteiger partial charge in [-0.05, 0) is 30.7 Å². The predicted octanol–water partition coefficient (Wildman–Crippen LogP) is 2.91. The maximum Gasteiger partial charge on any atom is 0.265 e. The summed E-state index contributed by atoms with van der Waals surface area (Å²) in [6.07, 6.45) is 1.79. The van der Waals surface area contributed by atoms with Crippen LogP contribution in [-0.2, 0) is 17.8 Å². The highest BCUT2D eigenvalue weighted by molar-refractivity contribution is 5.95. The van der Waals surface area contributed by atoms with E-state index in [0.29, 0.717) is 12.1 Å². The standard InChI is InChI=1S/C19H18N4O2/c1-2-23-12-20-22-18(23)14-7-5-8-15(10-14)21-19(24)17-11-13-6-3-4-9-16(13)25-17/h3-10,12,17H,2,11H2,1H3,(H,21,24). The van der Waals surface area contributed by atoms with E-state index in [1.165, 1.54) is 0 Å². The first-order valence-corrected chi connectivity index (χ1v) is 8.28. The van der Waals surface area contributed by atoms with Gasteiger partial charge in [-0.15, -0.1) is 10.2 Å². The van der Waals surface area contributed by atoms with Crippen molar-refractivity contribution in [2.24, 2.45) is 0 Å². The second-order valence-corrected chi connectivity index (χ2v) is 5.93. The lowest BCUT2D eigenvalue weighted by Crippen LogP contribution is -2.31. The fourth-order valence-electron chi connectivity index (χ4n) is 3.00. The number of amides is 1. The maximum absolute atomic E-state index is 12.5. The number of aromatic nitrogens is 3. The molecule has 0 radical (unpaired) electrons. The lowest BCUT2D eigenvalue weighted by molar-refractivity contribution is -0.122. The van der Waals surface area contributed by atoms with Gasteiger partial charge >= 0.3 is 0 Å². The van der Waals surface area contributed by atoms with E-state index < -0.39 is 6.10 Å². The third-order valence-electron chi connectivity index (χ3n) is 4.28. The molecule has 1 aliphatic heterocycles. The lowest BCUT2D eigenvalue weighted by Gasteiger charge is -2.12. The van der Waals surface area contributed by atoms with Crippen LogP contribution in [0.15, 0.2) is 54.9 Å². The van der Waals surface area contributed by atoms with Crippen LogP contribution in [-0.4, -0.2) is 26.8 Å². The number of benzene rings is 2. The number of anilines is 1. The van der Waals surface area contributed by atoms with Gasteiger partial charge in [-0.3, -0.25) is 4.79 Å². The molecule has 2 heterocycles. The smallest absolute Gasteiger partial charge is 0.265 e. The van der Waals surface area contributed by atoms with E-state index >= 15 is 0 Å². The average Bonchev–Trinajstić information content (AvgIpc) is 3.28. The zero-order chi connectivity index (χ0) is 17.2. The molecule has 6 nitrogen and oxygen atoms in total. The van der Waals surface area contributed by atoms with Crippen LogP contribution in [0.4, 0.5) is 5.69 Å². The Labute approximate surface area is 145 Å². The topological polar surface area (TPSA) is 69.0 Å². The maximum atomic E-state index is 12.5. The number of para-hydroxylation sites is 1. The van der Waals surface area contributed by atoms with Gasteiger partial charge in [-0.25, -0.2) is 0 Å². The third kappa shape index (κ3) is 2.98. The Morgan fingerprint density at radius 2 is 2.16 bits per heavy atom. The van der Waals surface area contributed by atoms with Gasteiger partial charge in [-0.2, -0.15) is 0 Å². The molecule has 0 aliphatic carbocycles.